The van der Waals surface area contributed by atoms with E-state index in [1.54, 1.807) is 0 Å². The van der Waals surface area contributed by atoms with Gasteiger partial charge in [-0.05, 0) is 19.4 Å². The molecule has 0 bridgehead atoms. The van der Waals surface area contributed by atoms with Gasteiger partial charge in [-0.2, -0.15) is 0 Å². The van der Waals surface area contributed by atoms with Crippen LogP contribution in [-0.2, 0) is 9.53 Å². The van der Waals surface area contributed by atoms with E-state index in [9.17, 15) is 4.79 Å². The topological polar surface area (TPSA) is 91.4 Å². The highest BCUT2D eigenvalue weighted by Gasteiger charge is 2.47. The Morgan fingerprint density at radius 3 is 2.40 bits per heavy atom. The van der Waals surface area contributed by atoms with Crippen LogP contribution in [0.5, 0.6) is 0 Å². The number of oxime groups is 1. The molecule has 0 unspecified atom stereocenters. The Balaban J connectivity index is 2.11. The fourth-order valence-corrected chi connectivity index (χ4v) is 2.96. The van der Waals surface area contributed by atoms with E-state index in [-0.39, 0.29) is 11.7 Å². The van der Waals surface area contributed by atoms with Crippen LogP contribution in [0.25, 0.3) is 0 Å². The summed E-state index contributed by atoms with van der Waals surface area (Å²) in [6.07, 6.45) is 0.964. The standard InChI is InChI=1S/C13H24N4O3/c1-2-16-5-7-17(8-6-16)12(18)13(11(14)15-19)3-9-20-10-4-13/h19H,2-10H2,1H3,(H2,14,15). The lowest BCUT2D eigenvalue weighted by molar-refractivity contribution is -0.144. The van der Waals surface area contributed by atoms with E-state index in [1.165, 1.54) is 0 Å². The summed E-state index contributed by atoms with van der Waals surface area (Å²) < 4.78 is 5.32. The maximum absolute atomic E-state index is 12.9. The fraction of sp³-hybridized carbons (Fsp3) is 0.846. The molecule has 3 N–H and O–H groups in total. The highest BCUT2D eigenvalue weighted by Crippen LogP contribution is 2.33. The third-order valence-corrected chi connectivity index (χ3v) is 4.46. The minimum Gasteiger partial charge on any atom is -0.409 e. The van der Waals surface area contributed by atoms with Crippen LogP contribution >= 0.6 is 0 Å². The quantitative estimate of drug-likeness (QED) is 0.321. The minimum absolute atomic E-state index is 0.0173. The molecule has 2 aliphatic rings. The second-order valence-corrected chi connectivity index (χ2v) is 5.41. The lowest BCUT2D eigenvalue weighted by Crippen LogP contribution is -2.58. The van der Waals surface area contributed by atoms with Gasteiger partial charge in [-0.1, -0.05) is 12.1 Å². The number of piperazine rings is 1. The number of ether oxygens (including phenoxy) is 1. The summed E-state index contributed by atoms with van der Waals surface area (Å²) in [5, 5.41) is 12.1. The van der Waals surface area contributed by atoms with Crippen molar-refractivity contribution in [3.05, 3.63) is 0 Å². The monoisotopic (exact) mass is 284 g/mol. The zero-order valence-corrected chi connectivity index (χ0v) is 12.0. The second kappa shape index (κ2) is 6.41. The van der Waals surface area contributed by atoms with Crippen molar-refractivity contribution in [1.29, 1.82) is 0 Å². The van der Waals surface area contributed by atoms with Gasteiger partial charge in [0.1, 0.15) is 5.41 Å². The highest BCUT2D eigenvalue weighted by atomic mass is 16.5. The molecule has 114 valence electrons. The Labute approximate surface area is 119 Å². The summed E-state index contributed by atoms with van der Waals surface area (Å²) >= 11 is 0. The summed E-state index contributed by atoms with van der Waals surface area (Å²) in [6.45, 7) is 7.22. The average Bonchev–Trinajstić information content (AvgIpc) is 2.54. The van der Waals surface area contributed by atoms with Gasteiger partial charge in [0, 0.05) is 39.4 Å². The van der Waals surface area contributed by atoms with Gasteiger partial charge in [-0.25, -0.2) is 0 Å². The van der Waals surface area contributed by atoms with Crippen molar-refractivity contribution in [1.82, 2.24) is 9.80 Å². The lowest BCUT2D eigenvalue weighted by atomic mass is 9.77. The Hall–Kier alpha value is -1.34. The minimum atomic E-state index is -0.888. The molecule has 0 saturated carbocycles. The zero-order valence-electron chi connectivity index (χ0n) is 12.0. The normalized spacial score (nSPS) is 24.6. The largest absolute Gasteiger partial charge is 0.409 e. The molecule has 0 aliphatic carbocycles. The predicted molar refractivity (Wildman–Crippen MR) is 74.6 cm³/mol. The molecule has 0 atom stereocenters. The van der Waals surface area contributed by atoms with E-state index >= 15 is 0 Å². The van der Waals surface area contributed by atoms with E-state index < -0.39 is 5.41 Å². The van der Waals surface area contributed by atoms with E-state index in [2.05, 4.69) is 17.0 Å². The summed E-state index contributed by atoms with van der Waals surface area (Å²) in [7, 11) is 0. The molecule has 0 aromatic rings. The number of nitrogens with two attached hydrogens (primary N) is 1. The molecule has 0 radical (unpaired) electrons. The number of hydrogen-bond donors (Lipinski definition) is 2. The van der Waals surface area contributed by atoms with Crippen LogP contribution in [0.2, 0.25) is 0 Å². The van der Waals surface area contributed by atoms with Crippen LogP contribution in [0.4, 0.5) is 0 Å². The number of likely N-dealkylation sites (N-methyl/N-ethyl adjacent to an activating group) is 1. The molecule has 7 heteroatoms. The lowest BCUT2D eigenvalue weighted by Gasteiger charge is -2.41. The van der Waals surface area contributed by atoms with Gasteiger partial charge in [0.15, 0.2) is 5.84 Å². The Morgan fingerprint density at radius 2 is 1.90 bits per heavy atom. The van der Waals surface area contributed by atoms with E-state index in [0.717, 1.165) is 19.6 Å². The zero-order chi connectivity index (χ0) is 14.6. The summed E-state index contributed by atoms with van der Waals surface area (Å²) in [5.41, 5.74) is 4.94. The molecule has 2 heterocycles. The molecular formula is C13H24N4O3. The molecule has 20 heavy (non-hydrogen) atoms. The third-order valence-electron chi connectivity index (χ3n) is 4.46. The second-order valence-electron chi connectivity index (χ2n) is 5.41. The molecule has 2 aliphatic heterocycles. The Morgan fingerprint density at radius 1 is 1.30 bits per heavy atom. The van der Waals surface area contributed by atoms with E-state index in [1.807, 2.05) is 4.90 Å². The maximum Gasteiger partial charge on any atom is 0.236 e. The van der Waals surface area contributed by atoms with Crippen LogP contribution in [-0.4, -0.2) is 72.7 Å². The first kappa shape index (κ1) is 15.1. The van der Waals surface area contributed by atoms with Crippen LogP contribution in [0.1, 0.15) is 19.8 Å². The molecule has 0 spiro atoms. The van der Waals surface area contributed by atoms with Crippen molar-refractivity contribution in [3.8, 4) is 0 Å². The number of nitrogens with zero attached hydrogens (tertiary/aromatic N) is 3. The van der Waals surface area contributed by atoms with Gasteiger partial charge in [-0.15, -0.1) is 0 Å². The summed E-state index contributed by atoms with van der Waals surface area (Å²) in [5.74, 6) is -0.00410. The molecule has 7 nitrogen and oxygen atoms in total. The van der Waals surface area contributed by atoms with Crippen LogP contribution in [0, 0.1) is 5.41 Å². The number of amides is 1. The fourth-order valence-electron chi connectivity index (χ4n) is 2.96. The van der Waals surface area contributed by atoms with Crippen LogP contribution < -0.4 is 5.73 Å². The number of hydrogen-bond acceptors (Lipinski definition) is 5. The number of carbonyl (C=O) groups excluding carboxylic acids is 1. The predicted octanol–water partition coefficient (Wildman–Crippen LogP) is -0.306. The van der Waals surface area contributed by atoms with E-state index in [0.29, 0.717) is 39.1 Å². The van der Waals surface area contributed by atoms with Crippen molar-refractivity contribution < 1.29 is 14.7 Å². The molecule has 0 aromatic heterocycles. The van der Waals surface area contributed by atoms with Gasteiger partial charge in [-0.3, -0.25) is 4.79 Å². The first-order valence-corrected chi connectivity index (χ1v) is 7.21. The van der Waals surface area contributed by atoms with Gasteiger partial charge in [0.05, 0.1) is 0 Å². The molecular weight excluding hydrogens is 260 g/mol. The SMILES string of the molecule is CCN1CCN(C(=O)C2(C(N)=NO)CCOCC2)CC1. The Bertz CT molecular complexity index is 372. The average molecular weight is 284 g/mol. The number of rotatable bonds is 3. The Kier molecular flexibility index (Phi) is 4.82. The third kappa shape index (κ3) is 2.73. The maximum atomic E-state index is 12.9. The molecule has 0 aromatic carbocycles. The smallest absolute Gasteiger partial charge is 0.236 e. The number of carbonyl (C=O) groups is 1. The first-order chi connectivity index (χ1) is 9.64. The van der Waals surface area contributed by atoms with Crippen LogP contribution in [0.3, 0.4) is 0 Å². The molecule has 2 rings (SSSR count). The highest BCUT2D eigenvalue weighted by molar-refractivity contribution is 6.06. The van der Waals surface area contributed by atoms with Crippen LogP contribution in [0.15, 0.2) is 5.16 Å². The van der Waals surface area contributed by atoms with Crippen molar-refractivity contribution >= 4 is 11.7 Å². The van der Waals surface area contributed by atoms with Gasteiger partial charge in [0.25, 0.3) is 0 Å². The molecule has 2 fully saturated rings. The van der Waals surface area contributed by atoms with Crippen molar-refractivity contribution in [2.45, 2.75) is 19.8 Å². The van der Waals surface area contributed by atoms with Crippen molar-refractivity contribution in [2.75, 3.05) is 45.9 Å². The molecule has 2 saturated heterocycles. The first-order valence-electron chi connectivity index (χ1n) is 7.21. The summed E-state index contributed by atoms with van der Waals surface area (Å²) in [6, 6.07) is 0. The van der Waals surface area contributed by atoms with Gasteiger partial charge >= 0.3 is 0 Å². The summed E-state index contributed by atoms with van der Waals surface area (Å²) in [4.78, 5) is 17.0. The van der Waals surface area contributed by atoms with Crippen molar-refractivity contribution in [3.63, 3.8) is 0 Å². The van der Waals surface area contributed by atoms with Gasteiger partial charge in [0.2, 0.25) is 5.91 Å². The molecule has 1 amide bonds. The van der Waals surface area contributed by atoms with Gasteiger partial charge < -0.3 is 25.5 Å². The van der Waals surface area contributed by atoms with Crippen molar-refractivity contribution in [2.24, 2.45) is 16.3 Å². The van der Waals surface area contributed by atoms with E-state index in [4.69, 9.17) is 15.7 Å². The number of amidine groups is 1.